The minimum Gasteiger partial charge on any atom is -0.371 e. The highest BCUT2D eigenvalue weighted by atomic mass is 19.4. The van der Waals surface area contributed by atoms with Crippen molar-refractivity contribution in [2.24, 2.45) is 0 Å². The summed E-state index contributed by atoms with van der Waals surface area (Å²) in [4.78, 5) is 9.85. The number of anilines is 1. The van der Waals surface area contributed by atoms with E-state index in [9.17, 15) is 23.3 Å². The number of hydrogen-bond acceptors (Lipinski definition) is 4. The zero-order chi connectivity index (χ0) is 14.3. The molecule has 0 spiro atoms. The average Bonchev–Trinajstić information content (AvgIpc) is 3.08. The molecule has 1 aromatic carbocycles. The molecule has 1 N–H and O–H groups in total. The molecular formula is C11H8F3N3O2. The van der Waals surface area contributed by atoms with Crippen LogP contribution in [0.3, 0.4) is 0 Å². The molecule has 1 fully saturated rings. The normalized spacial score (nSPS) is 16.5. The maximum absolute atomic E-state index is 12.7. The maximum Gasteiger partial charge on any atom is 0.411 e. The SMILES string of the molecule is N#Cc1cc(NC2(C(F)(F)F)CC2)ccc1[N+](=O)[O-]. The molecule has 1 aromatic rings. The van der Waals surface area contributed by atoms with Crippen LogP contribution in [0.5, 0.6) is 0 Å². The molecule has 0 saturated heterocycles. The molecule has 0 radical (unpaired) electrons. The lowest BCUT2D eigenvalue weighted by molar-refractivity contribution is -0.385. The Hall–Kier alpha value is -2.30. The van der Waals surface area contributed by atoms with Crippen molar-refractivity contribution in [1.29, 1.82) is 5.26 Å². The van der Waals surface area contributed by atoms with Crippen LogP contribution in [-0.4, -0.2) is 16.6 Å². The molecule has 1 saturated carbocycles. The van der Waals surface area contributed by atoms with E-state index in [4.69, 9.17) is 5.26 Å². The summed E-state index contributed by atoms with van der Waals surface area (Å²) < 4.78 is 38.2. The van der Waals surface area contributed by atoms with Crippen LogP contribution >= 0.6 is 0 Å². The summed E-state index contributed by atoms with van der Waals surface area (Å²) in [5.74, 6) is 0. The lowest BCUT2D eigenvalue weighted by atomic mass is 10.1. The van der Waals surface area contributed by atoms with Crippen molar-refractivity contribution in [3.8, 4) is 6.07 Å². The zero-order valence-corrected chi connectivity index (χ0v) is 9.49. The van der Waals surface area contributed by atoms with E-state index in [1.54, 1.807) is 6.07 Å². The van der Waals surface area contributed by atoms with Crippen LogP contribution in [0.25, 0.3) is 0 Å². The lowest BCUT2D eigenvalue weighted by Crippen LogP contribution is -2.38. The number of alkyl halides is 3. The molecule has 100 valence electrons. The third kappa shape index (κ3) is 2.31. The minimum atomic E-state index is -4.39. The third-order valence-corrected chi connectivity index (χ3v) is 2.99. The van der Waals surface area contributed by atoms with E-state index < -0.39 is 22.3 Å². The van der Waals surface area contributed by atoms with Gasteiger partial charge >= 0.3 is 6.18 Å². The Morgan fingerprint density at radius 1 is 1.42 bits per heavy atom. The first-order chi connectivity index (χ1) is 8.79. The Morgan fingerprint density at radius 3 is 2.47 bits per heavy atom. The van der Waals surface area contributed by atoms with E-state index in [1.807, 2.05) is 0 Å². The lowest BCUT2D eigenvalue weighted by Gasteiger charge is -2.21. The Kier molecular flexibility index (Phi) is 2.85. The van der Waals surface area contributed by atoms with Crippen molar-refractivity contribution >= 4 is 11.4 Å². The van der Waals surface area contributed by atoms with Crippen molar-refractivity contribution in [3.05, 3.63) is 33.9 Å². The van der Waals surface area contributed by atoms with Gasteiger partial charge in [-0.15, -0.1) is 0 Å². The summed E-state index contributed by atoms with van der Waals surface area (Å²) in [5, 5.41) is 21.7. The summed E-state index contributed by atoms with van der Waals surface area (Å²) in [6.07, 6.45) is -4.48. The molecule has 0 amide bonds. The van der Waals surface area contributed by atoms with Gasteiger partial charge in [-0.05, 0) is 25.0 Å². The number of benzene rings is 1. The molecule has 0 unspecified atom stereocenters. The van der Waals surface area contributed by atoms with Crippen LogP contribution < -0.4 is 5.32 Å². The second-order valence-electron chi connectivity index (χ2n) is 4.31. The predicted molar refractivity (Wildman–Crippen MR) is 59.5 cm³/mol. The largest absolute Gasteiger partial charge is 0.411 e. The van der Waals surface area contributed by atoms with Crippen LogP contribution in [0.1, 0.15) is 18.4 Å². The highest BCUT2D eigenvalue weighted by Crippen LogP contribution is 2.51. The molecule has 0 aliphatic heterocycles. The van der Waals surface area contributed by atoms with Gasteiger partial charge in [0.05, 0.1) is 4.92 Å². The number of halogens is 3. The van der Waals surface area contributed by atoms with E-state index in [1.165, 1.54) is 6.07 Å². The first-order valence-corrected chi connectivity index (χ1v) is 5.32. The molecule has 0 atom stereocenters. The van der Waals surface area contributed by atoms with E-state index in [2.05, 4.69) is 5.32 Å². The molecule has 1 aliphatic rings. The summed E-state index contributed by atoms with van der Waals surface area (Å²) in [5.41, 5.74) is -2.61. The molecule has 0 heterocycles. The van der Waals surface area contributed by atoms with Crippen LogP contribution in [0.2, 0.25) is 0 Å². The Morgan fingerprint density at radius 2 is 2.05 bits per heavy atom. The number of nitrogens with zero attached hydrogens (tertiary/aromatic N) is 2. The number of nitro benzene ring substituents is 1. The highest BCUT2D eigenvalue weighted by Gasteiger charge is 2.63. The van der Waals surface area contributed by atoms with Crippen LogP contribution in [-0.2, 0) is 0 Å². The first-order valence-electron chi connectivity index (χ1n) is 5.32. The monoisotopic (exact) mass is 271 g/mol. The van der Waals surface area contributed by atoms with Crippen molar-refractivity contribution < 1.29 is 18.1 Å². The van der Waals surface area contributed by atoms with Crippen LogP contribution in [0.15, 0.2) is 18.2 Å². The van der Waals surface area contributed by atoms with Crippen molar-refractivity contribution in [1.82, 2.24) is 0 Å². The Bertz CT molecular complexity index is 574. The minimum absolute atomic E-state index is 0.0463. The van der Waals surface area contributed by atoms with Gasteiger partial charge < -0.3 is 5.32 Å². The third-order valence-electron chi connectivity index (χ3n) is 2.99. The molecule has 0 bridgehead atoms. The summed E-state index contributed by atoms with van der Waals surface area (Å²) in [6, 6.07) is 4.85. The quantitative estimate of drug-likeness (QED) is 0.677. The average molecular weight is 271 g/mol. The van der Waals surface area contributed by atoms with E-state index >= 15 is 0 Å². The second kappa shape index (κ2) is 4.12. The summed E-state index contributed by atoms with van der Waals surface area (Å²) in [6.45, 7) is 0. The molecule has 19 heavy (non-hydrogen) atoms. The Labute approximate surface area is 105 Å². The molecule has 1 aliphatic carbocycles. The van der Waals surface area contributed by atoms with Gasteiger partial charge in [-0.3, -0.25) is 10.1 Å². The van der Waals surface area contributed by atoms with Gasteiger partial charge in [-0.25, -0.2) is 0 Å². The topological polar surface area (TPSA) is 79.0 Å². The first kappa shape index (κ1) is 13.1. The van der Waals surface area contributed by atoms with Crippen LogP contribution in [0, 0.1) is 21.4 Å². The van der Waals surface area contributed by atoms with Gasteiger partial charge in [0.25, 0.3) is 5.69 Å². The number of nitriles is 1. The van der Waals surface area contributed by atoms with Gasteiger partial charge in [0.2, 0.25) is 0 Å². The fraction of sp³-hybridized carbons (Fsp3) is 0.364. The number of rotatable bonds is 3. The summed E-state index contributed by atoms with van der Waals surface area (Å²) in [7, 11) is 0. The molecule has 8 heteroatoms. The number of nitrogens with one attached hydrogen (secondary N) is 1. The van der Waals surface area contributed by atoms with Gasteiger partial charge in [0.1, 0.15) is 17.2 Å². The van der Waals surface area contributed by atoms with E-state index in [0.29, 0.717) is 0 Å². The van der Waals surface area contributed by atoms with Gasteiger partial charge in [-0.2, -0.15) is 18.4 Å². The van der Waals surface area contributed by atoms with E-state index in [0.717, 1.165) is 12.1 Å². The molecular weight excluding hydrogens is 263 g/mol. The van der Waals surface area contributed by atoms with Crippen molar-refractivity contribution in [2.45, 2.75) is 24.6 Å². The zero-order valence-electron chi connectivity index (χ0n) is 9.49. The van der Waals surface area contributed by atoms with E-state index in [-0.39, 0.29) is 24.1 Å². The van der Waals surface area contributed by atoms with Gasteiger partial charge in [0.15, 0.2) is 0 Å². The fourth-order valence-corrected chi connectivity index (χ4v) is 1.74. The standard InChI is InChI=1S/C11H8F3N3O2/c12-11(13,14)10(3-4-10)16-8-1-2-9(17(18)19)7(5-8)6-15/h1-2,5,16H,3-4H2. The number of nitro groups is 1. The predicted octanol–water partition coefficient (Wildman–Crippen LogP) is 2.97. The molecule has 5 nitrogen and oxygen atoms in total. The molecule has 0 aromatic heterocycles. The van der Waals surface area contributed by atoms with Crippen molar-refractivity contribution in [3.63, 3.8) is 0 Å². The fourth-order valence-electron chi connectivity index (χ4n) is 1.74. The smallest absolute Gasteiger partial charge is 0.371 e. The summed E-state index contributed by atoms with van der Waals surface area (Å²) >= 11 is 0. The number of hydrogen-bond donors (Lipinski definition) is 1. The second-order valence-corrected chi connectivity index (χ2v) is 4.31. The molecule has 2 rings (SSSR count). The highest BCUT2D eigenvalue weighted by molar-refractivity contribution is 5.60. The van der Waals surface area contributed by atoms with Crippen LogP contribution in [0.4, 0.5) is 24.5 Å². The Balaban J connectivity index is 2.29. The maximum atomic E-state index is 12.7. The van der Waals surface area contributed by atoms with Gasteiger partial charge in [-0.1, -0.05) is 0 Å². The van der Waals surface area contributed by atoms with Gasteiger partial charge in [0, 0.05) is 11.8 Å². The van der Waals surface area contributed by atoms with Crippen molar-refractivity contribution in [2.75, 3.05) is 5.32 Å².